The summed E-state index contributed by atoms with van der Waals surface area (Å²) in [5.74, 6) is 1.23. The van der Waals surface area contributed by atoms with Crippen molar-refractivity contribution < 1.29 is 9.53 Å². The first-order valence-electron chi connectivity index (χ1n) is 8.83. The molecule has 3 heteroatoms. The third-order valence-electron chi connectivity index (χ3n) is 3.97. The van der Waals surface area contributed by atoms with Crippen molar-refractivity contribution in [2.24, 2.45) is 0 Å². The van der Waals surface area contributed by atoms with Crippen molar-refractivity contribution in [3.8, 4) is 11.5 Å². The number of carbonyl (C=O) groups is 1. The summed E-state index contributed by atoms with van der Waals surface area (Å²) >= 11 is 0. The van der Waals surface area contributed by atoms with Crippen LogP contribution in [0.3, 0.4) is 0 Å². The molecule has 3 nitrogen and oxygen atoms in total. The van der Waals surface area contributed by atoms with Gasteiger partial charge in [-0.25, -0.2) is 0 Å². The minimum absolute atomic E-state index is 0.0791. The van der Waals surface area contributed by atoms with Gasteiger partial charge in [-0.1, -0.05) is 62.9 Å². The van der Waals surface area contributed by atoms with E-state index in [1.54, 1.807) is 6.07 Å². The van der Waals surface area contributed by atoms with E-state index in [0.717, 1.165) is 18.6 Å². The minimum Gasteiger partial charge on any atom is -0.457 e. The predicted molar refractivity (Wildman–Crippen MR) is 98.6 cm³/mol. The summed E-state index contributed by atoms with van der Waals surface area (Å²) in [6, 6.07) is 17.1. The molecular weight excluding hydrogens is 298 g/mol. The van der Waals surface area contributed by atoms with Crippen LogP contribution in [0.2, 0.25) is 0 Å². The Morgan fingerprint density at radius 2 is 1.71 bits per heavy atom. The Hall–Kier alpha value is -2.29. The fourth-order valence-electron chi connectivity index (χ4n) is 2.61. The quantitative estimate of drug-likeness (QED) is 0.612. The number of nitrogens with one attached hydrogen (secondary N) is 1. The number of carbonyl (C=O) groups excluding carboxylic acids is 1. The van der Waals surface area contributed by atoms with E-state index in [4.69, 9.17) is 4.74 Å². The van der Waals surface area contributed by atoms with Crippen LogP contribution in [0, 0.1) is 0 Å². The highest BCUT2D eigenvalue weighted by Crippen LogP contribution is 2.25. The minimum atomic E-state index is -0.0791. The topological polar surface area (TPSA) is 38.3 Å². The van der Waals surface area contributed by atoms with E-state index in [1.807, 2.05) is 48.5 Å². The molecule has 0 aromatic heterocycles. The molecule has 0 aliphatic carbocycles. The number of amides is 1. The maximum atomic E-state index is 12.6. The van der Waals surface area contributed by atoms with Gasteiger partial charge in [0.25, 0.3) is 5.91 Å². The van der Waals surface area contributed by atoms with E-state index in [1.165, 1.54) is 19.3 Å². The smallest absolute Gasteiger partial charge is 0.255 e. The average molecular weight is 325 g/mol. The largest absolute Gasteiger partial charge is 0.457 e. The molecule has 2 aromatic rings. The van der Waals surface area contributed by atoms with Crippen LogP contribution in [-0.4, -0.2) is 11.9 Å². The fourth-order valence-corrected chi connectivity index (χ4v) is 2.61. The lowest BCUT2D eigenvalue weighted by molar-refractivity contribution is 0.0935. The molecule has 24 heavy (non-hydrogen) atoms. The van der Waals surface area contributed by atoms with Gasteiger partial charge in [-0.15, -0.1) is 0 Å². The number of ether oxygens (including phenoxy) is 1. The van der Waals surface area contributed by atoms with E-state index in [-0.39, 0.29) is 11.9 Å². The van der Waals surface area contributed by atoms with Gasteiger partial charge in [-0.05, 0) is 37.6 Å². The van der Waals surface area contributed by atoms with Crippen LogP contribution in [0.4, 0.5) is 0 Å². The maximum absolute atomic E-state index is 12.6. The Bertz CT molecular complexity index is 625. The molecule has 0 radical (unpaired) electrons. The Morgan fingerprint density at radius 1 is 1.00 bits per heavy atom. The maximum Gasteiger partial charge on any atom is 0.255 e. The van der Waals surface area contributed by atoms with Crippen LogP contribution in [0.15, 0.2) is 54.6 Å². The summed E-state index contributed by atoms with van der Waals surface area (Å²) in [6.45, 7) is 4.26. The van der Waals surface area contributed by atoms with Crippen molar-refractivity contribution in [3.05, 3.63) is 60.2 Å². The first-order chi connectivity index (χ1) is 11.7. The fraction of sp³-hybridized carbons (Fsp3) is 0.381. The van der Waals surface area contributed by atoms with E-state index < -0.39 is 0 Å². The van der Waals surface area contributed by atoms with Gasteiger partial charge in [-0.3, -0.25) is 4.79 Å². The summed E-state index contributed by atoms with van der Waals surface area (Å²) < 4.78 is 5.86. The average Bonchev–Trinajstić information content (AvgIpc) is 2.60. The number of rotatable bonds is 9. The zero-order chi connectivity index (χ0) is 17.2. The molecule has 1 N–H and O–H groups in total. The van der Waals surface area contributed by atoms with Gasteiger partial charge in [0.1, 0.15) is 11.5 Å². The number of hydrogen-bond acceptors (Lipinski definition) is 2. The molecule has 0 bridgehead atoms. The lowest BCUT2D eigenvalue weighted by Crippen LogP contribution is -2.32. The van der Waals surface area contributed by atoms with E-state index in [0.29, 0.717) is 11.3 Å². The van der Waals surface area contributed by atoms with Crippen molar-refractivity contribution in [2.75, 3.05) is 0 Å². The Balaban J connectivity index is 1.96. The summed E-state index contributed by atoms with van der Waals surface area (Å²) in [5.41, 5.74) is 0.571. The summed E-state index contributed by atoms with van der Waals surface area (Å²) in [7, 11) is 0. The molecule has 2 aromatic carbocycles. The normalized spacial score (nSPS) is 11.8. The number of benzene rings is 2. The second kappa shape index (κ2) is 9.76. The van der Waals surface area contributed by atoms with Crippen molar-refractivity contribution in [2.45, 2.75) is 52.0 Å². The van der Waals surface area contributed by atoms with Gasteiger partial charge < -0.3 is 10.1 Å². The van der Waals surface area contributed by atoms with Crippen LogP contribution in [0.25, 0.3) is 0 Å². The molecule has 0 saturated heterocycles. The summed E-state index contributed by atoms with van der Waals surface area (Å²) in [5, 5.41) is 3.08. The molecule has 0 aliphatic heterocycles. The van der Waals surface area contributed by atoms with Crippen molar-refractivity contribution in [1.29, 1.82) is 0 Å². The number of unbranched alkanes of at least 4 members (excludes halogenated alkanes) is 3. The first kappa shape index (κ1) is 18.1. The van der Waals surface area contributed by atoms with Crippen molar-refractivity contribution >= 4 is 5.91 Å². The zero-order valence-corrected chi connectivity index (χ0v) is 14.6. The number of para-hydroxylation sites is 2. The second-order valence-electron chi connectivity index (χ2n) is 6.14. The molecule has 1 unspecified atom stereocenters. The predicted octanol–water partition coefficient (Wildman–Crippen LogP) is 5.57. The van der Waals surface area contributed by atoms with Crippen LogP contribution in [-0.2, 0) is 0 Å². The van der Waals surface area contributed by atoms with Crippen LogP contribution < -0.4 is 10.1 Å². The lowest BCUT2D eigenvalue weighted by Gasteiger charge is -2.16. The van der Waals surface area contributed by atoms with Gasteiger partial charge in [0.05, 0.1) is 5.56 Å². The van der Waals surface area contributed by atoms with E-state index >= 15 is 0 Å². The summed E-state index contributed by atoms with van der Waals surface area (Å²) in [6.07, 6.45) is 5.87. The Kier molecular flexibility index (Phi) is 7.34. The Morgan fingerprint density at radius 3 is 2.46 bits per heavy atom. The van der Waals surface area contributed by atoms with E-state index in [2.05, 4.69) is 19.2 Å². The molecule has 0 saturated carbocycles. The molecule has 0 spiro atoms. The molecule has 0 heterocycles. The number of hydrogen-bond donors (Lipinski definition) is 1. The zero-order valence-electron chi connectivity index (χ0n) is 14.6. The molecule has 1 amide bonds. The van der Waals surface area contributed by atoms with Gasteiger partial charge in [-0.2, -0.15) is 0 Å². The van der Waals surface area contributed by atoms with Crippen molar-refractivity contribution in [3.63, 3.8) is 0 Å². The molecular formula is C21H27NO2. The van der Waals surface area contributed by atoms with Crippen molar-refractivity contribution in [1.82, 2.24) is 5.32 Å². The highest BCUT2D eigenvalue weighted by Gasteiger charge is 2.14. The SMILES string of the molecule is CCCCCCC(C)NC(=O)c1ccccc1Oc1ccccc1. The molecule has 1 atom stereocenters. The molecule has 0 fully saturated rings. The standard InChI is InChI=1S/C21H27NO2/c1-3-4-5-7-12-17(2)22-21(23)19-15-10-11-16-20(19)24-18-13-8-6-9-14-18/h6,8-11,13-17H,3-5,7,12H2,1-2H3,(H,22,23). The molecule has 0 aliphatic rings. The molecule has 128 valence electrons. The highest BCUT2D eigenvalue weighted by atomic mass is 16.5. The highest BCUT2D eigenvalue weighted by molar-refractivity contribution is 5.97. The van der Waals surface area contributed by atoms with Crippen LogP contribution in [0.5, 0.6) is 11.5 Å². The second-order valence-corrected chi connectivity index (χ2v) is 6.14. The van der Waals surface area contributed by atoms with Gasteiger partial charge in [0, 0.05) is 6.04 Å². The van der Waals surface area contributed by atoms with Crippen LogP contribution in [0.1, 0.15) is 56.3 Å². The van der Waals surface area contributed by atoms with Gasteiger partial charge >= 0.3 is 0 Å². The third-order valence-corrected chi connectivity index (χ3v) is 3.97. The van der Waals surface area contributed by atoms with Gasteiger partial charge in [0.2, 0.25) is 0 Å². The summed E-state index contributed by atoms with van der Waals surface area (Å²) in [4.78, 5) is 12.6. The Labute approximate surface area is 145 Å². The third kappa shape index (κ3) is 5.73. The van der Waals surface area contributed by atoms with Gasteiger partial charge in [0.15, 0.2) is 0 Å². The van der Waals surface area contributed by atoms with Crippen LogP contribution >= 0.6 is 0 Å². The lowest BCUT2D eigenvalue weighted by atomic mass is 10.1. The monoisotopic (exact) mass is 325 g/mol. The molecule has 2 rings (SSSR count). The van der Waals surface area contributed by atoms with E-state index in [9.17, 15) is 4.79 Å². The first-order valence-corrected chi connectivity index (χ1v) is 8.83.